The van der Waals surface area contributed by atoms with Gasteiger partial charge in [-0.15, -0.1) is 0 Å². The zero-order valence-corrected chi connectivity index (χ0v) is 13.2. The van der Waals surface area contributed by atoms with Crippen molar-refractivity contribution in [3.8, 4) is 0 Å². The lowest BCUT2D eigenvalue weighted by molar-refractivity contribution is 0.103. The van der Waals surface area contributed by atoms with Crippen molar-refractivity contribution >= 4 is 32.5 Å². The van der Waals surface area contributed by atoms with Crippen LogP contribution >= 0.6 is 0 Å². The first-order valence-corrected chi connectivity index (χ1v) is 8.67. The maximum Gasteiger partial charge on any atom is 0.256 e. The number of nitrogens with zero attached hydrogens (tertiary/aromatic N) is 2. The van der Waals surface area contributed by atoms with Crippen LogP contribution in [0.2, 0.25) is 0 Å². The topological polar surface area (TPSA) is 101 Å². The number of carbonyl (C=O) groups excluding carboxylic acids is 1. The van der Waals surface area contributed by atoms with Crippen LogP contribution in [0.3, 0.4) is 0 Å². The first-order valence-electron chi connectivity index (χ1n) is 7.19. The van der Waals surface area contributed by atoms with Gasteiger partial charge in [0.1, 0.15) is 4.90 Å². The summed E-state index contributed by atoms with van der Waals surface area (Å²) >= 11 is 0. The Kier molecular flexibility index (Phi) is 3.29. The van der Waals surface area contributed by atoms with E-state index < -0.39 is 10.0 Å². The zero-order valence-electron chi connectivity index (χ0n) is 12.4. The Bertz CT molecular complexity index is 1070. The molecule has 1 amide bonds. The van der Waals surface area contributed by atoms with Crippen molar-refractivity contribution in [1.82, 2.24) is 14.7 Å². The van der Waals surface area contributed by atoms with E-state index in [0.717, 1.165) is 0 Å². The van der Waals surface area contributed by atoms with Crippen LogP contribution in [0, 0.1) is 0 Å². The number of anilines is 1. The number of rotatable bonds is 4. The maximum absolute atomic E-state index is 12.7. The average Bonchev–Trinajstić information content (AvgIpc) is 2.92. The molecule has 0 saturated heterocycles. The van der Waals surface area contributed by atoms with Gasteiger partial charge in [-0.05, 0) is 30.3 Å². The van der Waals surface area contributed by atoms with E-state index in [2.05, 4.69) is 20.0 Å². The summed E-state index contributed by atoms with van der Waals surface area (Å²) in [5.74, 6) is -0.256. The molecule has 120 valence electrons. The minimum Gasteiger partial charge on any atom is -0.321 e. The molecule has 0 fully saturated rings. The smallest absolute Gasteiger partial charge is 0.256 e. The van der Waals surface area contributed by atoms with Crippen LogP contribution in [-0.2, 0) is 16.6 Å². The second-order valence-corrected chi connectivity index (χ2v) is 7.03. The van der Waals surface area contributed by atoms with Gasteiger partial charge in [-0.25, -0.2) is 13.1 Å². The number of carbonyl (C=O) groups is 1. The Morgan fingerprint density at radius 2 is 1.92 bits per heavy atom. The quantitative estimate of drug-likeness (QED) is 0.752. The highest BCUT2D eigenvalue weighted by molar-refractivity contribution is 7.89. The number of aromatic nitrogens is 2. The highest BCUT2D eigenvalue weighted by Gasteiger charge is 2.27. The van der Waals surface area contributed by atoms with Crippen LogP contribution in [0.1, 0.15) is 16.1 Å². The summed E-state index contributed by atoms with van der Waals surface area (Å²) in [6.45, 7) is 0.0727. The number of hydrogen-bond acceptors (Lipinski definition) is 5. The van der Waals surface area contributed by atoms with Gasteiger partial charge in [-0.2, -0.15) is 0 Å². The third-order valence-electron chi connectivity index (χ3n) is 3.81. The molecule has 0 saturated carbocycles. The number of benzene rings is 1. The van der Waals surface area contributed by atoms with Crippen LogP contribution < -0.4 is 10.0 Å². The minimum atomic E-state index is -3.80. The molecule has 2 N–H and O–H groups in total. The van der Waals surface area contributed by atoms with Crippen LogP contribution in [0.25, 0.3) is 10.9 Å². The summed E-state index contributed by atoms with van der Waals surface area (Å²) in [6, 6.07) is 9.88. The largest absolute Gasteiger partial charge is 0.321 e. The molecule has 7 nitrogen and oxygen atoms in total. The molecule has 1 aliphatic heterocycles. The van der Waals surface area contributed by atoms with Crippen LogP contribution in [-0.4, -0.2) is 24.3 Å². The Morgan fingerprint density at radius 3 is 2.71 bits per heavy atom. The highest BCUT2D eigenvalue weighted by Crippen LogP contribution is 2.35. The van der Waals surface area contributed by atoms with Crippen molar-refractivity contribution in [2.24, 2.45) is 0 Å². The predicted octanol–water partition coefficient (Wildman–Crippen LogP) is 1.67. The first kappa shape index (κ1) is 14.7. The third-order valence-corrected chi connectivity index (χ3v) is 5.24. The van der Waals surface area contributed by atoms with Crippen molar-refractivity contribution in [2.75, 3.05) is 5.32 Å². The van der Waals surface area contributed by atoms with Crippen molar-refractivity contribution in [2.45, 2.75) is 11.4 Å². The van der Waals surface area contributed by atoms with Gasteiger partial charge in [0.15, 0.2) is 0 Å². The summed E-state index contributed by atoms with van der Waals surface area (Å²) in [4.78, 5) is 20.2. The van der Waals surface area contributed by atoms with Gasteiger partial charge in [0.2, 0.25) is 10.0 Å². The van der Waals surface area contributed by atoms with E-state index in [-0.39, 0.29) is 22.9 Å². The molecule has 0 spiro atoms. The van der Waals surface area contributed by atoms with Crippen LogP contribution in [0.5, 0.6) is 0 Å². The van der Waals surface area contributed by atoms with Gasteiger partial charge in [0.25, 0.3) is 5.91 Å². The fourth-order valence-electron chi connectivity index (χ4n) is 2.69. The molecular formula is C16H12N4O3S. The minimum absolute atomic E-state index is 0.0375. The molecule has 1 aromatic carbocycles. The van der Waals surface area contributed by atoms with Gasteiger partial charge in [0, 0.05) is 17.8 Å². The average molecular weight is 340 g/mol. The molecule has 1 aliphatic rings. The van der Waals surface area contributed by atoms with E-state index in [4.69, 9.17) is 0 Å². The Morgan fingerprint density at radius 1 is 1.04 bits per heavy atom. The van der Waals surface area contributed by atoms with E-state index in [1.165, 1.54) is 12.3 Å². The molecule has 2 aromatic heterocycles. The Balaban J connectivity index is 1.77. The van der Waals surface area contributed by atoms with E-state index in [0.29, 0.717) is 22.3 Å². The molecule has 8 heteroatoms. The fourth-order valence-corrected chi connectivity index (χ4v) is 3.84. The number of amides is 1. The number of pyridine rings is 2. The number of sulfonamides is 1. The summed E-state index contributed by atoms with van der Waals surface area (Å²) in [5, 5.41) is 3.23. The molecule has 3 aromatic rings. The third kappa shape index (κ3) is 2.32. The Hall–Kier alpha value is -2.84. The van der Waals surface area contributed by atoms with Crippen LogP contribution in [0.15, 0.2) is 53.7 Å². The van der Waals surface area contributed by atoms with Crippen molar-refractivity contribution in [3.05, 3.63) is 60.0 Å². The predicted molar refractivity (Wildman–Crippen MR) is 88.0 cm³/mol. The molecule has 4 rings (SSSR count). The number of nitrogens with one attached hydrogen (secondary N) is 2. The number of hydrogen-bond donors (Lipinski definition) is 2. The summed E-state index contributed by atoms with van der Waals surface area (Å²) in [7, 11) is -3.80. The highest BCUT2D eigenvalue weighted by atomic mass is 32.2. The normalized spacial score (nSPS) is 13.2. The fraction of sp³-hybridized carbons (Fsp3) is 0.0625. The van der Waals surface area contributed by atoms with Gasteiger partial charge >= 0.3 is 0 Å². The van der Waals surface area contributed by atoms with E-state index >= 15 is 0 Å². The lowest BCUT2D eigenvalue weighted by Gasteiger charge is -2.09. The Labute approximate surface area is 137 Å². The molecule has 0 bridgehead atoms. The van der Waals surface area contributed by atoms with E-state index in [9.17, 15) is 13.2 Å². The van der Waals surface area contributed by atoms with E-state index in [1.54, 1.807) is 36.5 Å². The standard InChI is InChI=1S/C16H12N4O3S/c21-16-11-6-8-18-15-13(5-4-12(20-16)14(11)15)24(22,23)19-9-10-3-1-2-7-17-10/h1-8,19H,9H2,(H,20,21). The monoisotopic (exact) mass is 340 g/mol. The first-order chi connectivity index (χ1) is 11.6. The molecule has 0 atom stereocenters. The molecule has 0 aliphatic carbocycles. The zero-order chi connectivity index (χ0) is 16.7. The second-order valence-electron chi connectivity index (χ2n) is 5.29. The molecule has 0 radical (unpaired) electrons. The van der Waals surface area contributed by atoms with E-state index in [1.807, 2.05) is 0 Å². The summed E-state index contributed by atoms with van der Waals surface area (Å²) < 4.78 is 27.8. The molecular weight excluding hydrogens is 328 g/mol. The second kappa shape index (κ2) is 5.36. The molecule has 0 unspecified atom stereocenters. The van der Waals surface area contributed by atoms with Crippen molar-refractivity contribution in [1.29, 1.82) is 0 Å². The molecule has 24 heavy (non-hydrogen) atoms. The summed E-state index contributed by atoms with van der Waals surface area (Å²) in [6.07, 6.45) is 3.03. The van der Waals surface area contributed by atoms with Gasteiger partial charge in [-0.3, -0.25) is 14.8 Å². The van der Waals surface area contributed by atoms with Crippen molar-refractivity contribution in [3.63, 3.8) is 0 Å². The molecule has 3 heterocycles. The lowest BCUT2D eigenvalue weighted by Crippen LogP contribution is -2.24. The van der Waals surface area contributed by atoms with Gasteiger partial charge < -0.3 is 5.32 Å². The van der Waals surface area contributed by atoms with Crippen LogP contribution in [0.4, 0.5) is 5.69 Å². The van der Waals surface area contributed by atoms with Gasteiger partial charge in [0.05, 0.1) is 29.0 Å². The van der Waals surface area contributed by atoms with Crippen molar-refractivity contribution < 1.29 is 13.2 Å². The SMILES string of the molecule is O=C1Nc2ccc(S(=O)(=O)NCc3ccccn3)c3nccc1c23. The summed E-state index contributed by atoms with van der Waals surface area (Å²) in [5.41, 5.74) is 1.88. The maximum atomic E-state index is 12.7. The van der Waals surface area contributed by atoms with Gasteiger partial charge in [-0.1, -0.05) is 6.07 Å². The lowest BCUT2D eigenvalue weighted by atomic mass is 10.1.